The number of hydrogen-bond donors (Lipinski definition) is 2. The summed E-state index contributed by atoms with van der Waals surface area (Å²) in [5.74, 6) is -0.583. The Morgan fingerprint density at radius 1 is 1.19 bits per heavy atom. The van der Waals surface area contributed by atoms with E-state index in [9.17, 15) is 19.7 Å². The fourth-order valence-electron chi connectivity index (χ4n) is 1.81. The van der Waals surface area contributed by atoms with E-state index in [1.165, 1.54) is 12.1 Å². The van der Waals surface area contributed by atoms with E-state index < -0.39 is 16.7 Å². The summed E-state index contributed by atoms with van der Waals surface area (Å²) in [6.45, 7) is 0.250. The van der Waals surface area contributed by atoms with Crippen molar-refractivity contribution < 1.29 is 19.2 Å². The van der Waals surface area contributed by atoms with Crippen LogP contribution < -0.4 is 15.6 Å². The van der Waals surface area contributed by atoms with Crippen LogP contribution in [0, 0.1) is 10.1 Å². The molecule has 1 aromatic carbocycles. The predicted octanol–water partition coefficient (Wildman–Crippen LogP) is 3.58. The summed E-state index contributed by atoms with van der Waals surface area (Å²) >= 11 is 12.5. The van der Waals surface area contributed by atoms with Gasteiger partial charge in [0.25, 0.3) is 5.91 Å². The zero-order valence-corrected chi connectivity index (χ0v) is 15.5. The van der Waals surface area contributed by atoms with Crippen molar-refractivity contribution >= 4 is 51.4 Å². The molecule has 0 fully saturated rings. The first kappa shape index (κ1) is 20.0. The fourth-order valence-corrected chi connectivity index (χ4v) is 2.98. The van der Waals surface area contributed by atoms with Gasteiger partial charge in [0.1, 0.15) is 10.6 Å². The van der Waals surface area contributed by atoms with Gasteiger partial charge in [0, 0.05) is 17.5 Å². The number of nitro groups is 1. The minimum absolute atomic E-state index is 0.107. The molecule has 0 atom stereocenters. The lowest BCUT2D eigenvalue weighted by molar-refractivity contribution is -0.380. The summed E-state index contributed by atoms with van der Waals surface area (Å²) < 4.78 is 5.44. The smallest absolute Gasteiger partial charge is 0.324 e. The molecule has 2 rings (SSSR count). The minimum Gasteiger partial charge on any atom is -0.492 e. The molecule has 2 aromatic rings. The number of hydrazine groups is 1. The maximum Gasteiger partial charge on any atom is 0.324 e. The molecule has 1 aromatic heterocycles. The Hall–Kier alpha value is -2.36. The van der Waals surface area contributed by atoms with Crippen molar-refractivity contribution in [1.29, 1.82) is 0 Å². The lowest BCUT2D eigenvalue weighted by Crippen LogP contribution is -2.41. The summed E-state index contributed by atoms with van der Waals surface area (Å²) in [5, 5.41) is 11.3. The Morgan fingerprint density at radius 2 is 1.96 bits per heavy atom. The lowest BCUT2D eigenvalue weighted by atomic mass is 10.3. The largest absolute Gasteiger partial charge is 0.492 e. The second-order valence-corrected chi connectivity index (χ2v) is 6.83. The van der Waals surface area contributed by atoms with Crippen molar-refractivity contribution in [2.75, 3.05) is 6.61 Å². The molecular weight excluding hydrogens is 405 g/mol. The quantitative estimate of drug-likeness (QED) is 0.406. The number of rotatable bonds is 7. The number of carbonyl (C=O) groups excluding carboxylic acids is 2. The van der Waals surface area contributed by atoms with E-state index in [1.54, 1.807) is 18.2 Å². The second-order valence-electron chi connectivity index (χ2n) is 4.92. The molecule has 1 heterocycles. The Bertz CT molecular complexity index is 827. The molecule has 0 saturated heterocycles. The maximum atomic E-state index is 11.8. The van der Waals surface area contributed by atoms with Gasteiger partial charge in [-0.1, -0.05) is 34.5 Å². The van der Waals surface area contributed by atoms with Crippen molar-refractivity contribution in [2.24, 2.45) is 0 Å². The Morgan fingerprint density at radius 3 is 2.62 bits per heavy atom. The number of ether oxygens (including phenoxy) is 1. The number of carbonyl (C=O) groups is 2. The summed E-state index contributed by atoms with van der Waals surface area (Å²) in [6, 6.07) is 7.36. The van der Waals surface area contributed by atoms with E-state index in [1.807, 2.05) is 0 Å². The number of hydrogen-bond acceptors (Lipinski definition) is 6. The van der Waals surface area contributed by atoms with Gasteiger partial charge in [-0.15, -0.1) is 0 Å². The molecule has 0 bridgehead atoms. The van der Waals surface area contributed by atoms with Gasteiger partial charge in [-0.25, -0.2) is 0 Å². The standard InChI is InChI=1S/C15H13Cl2N3O5S/c16-9-3-4-11(10(17)8-9)25-7-1-2-13(21)18-19-15(22)12-5-6-14(26-12)20(23)24/h3-6,8H,1-2,7H2,(H,18,21)(H,19,22). The summed E-state index contributed by atoms with van der Waals surface area (Å²) in [7, 11) is 0. The topological polar surface area (TPSA) is 111 Å². The molecule has 8 nitrogen and oxygen atoms in total. The highest BCUT2D eigenvalue weighted by molar-refractivity contribution is 7.17. The highest BCUT2D eigenvalue weighted by Gasteiger charge is 2.15. The van der Waals surface area contributed by atoms with E-state index >= 15 is 0 Å². The van der Waals surface area contributed by atoms with E-state index in [4.69, 9.17) is 27.9 Å². The van der Waals surface area contributed by atoms with Crippen molar-refractivity contribution in [2.45, 2.75) is 12.8 Å². The van der Waals surface area contributed by atoms with E-state index in [2.05, 4.69) is 10.9 Å². The van der Waals surface area contributed by atoms with Crippen LogP contribution in [-0.4, -0.2) is 23.3 Å². The summed E-state index contributed by atoms with van der Waals surface area (Å²) in [6.07, 6.45) is 0.501. The third-order valence-corrected chi connectivity index (χ3v) is 4.58. The predicted molar refractivity (Wildman–Crippen MR) is 97.8 cm³/mol. The Kier molecular flexibility index (Phi) is 7.19. The normalized spacial score (nSPS) is 10.2. The number of nitrogens with zero attached hydrogens (tertiary/aromatic N) is 1. The molecule has 0 aliphatic rings. The number of benzene rings is 1. The highest BCUT2D eigenvalue weighted by Crippen LogP contribution is 2.27. The molecule has 0 radical (unpaired) electrons. The zero-order chi connectivity index (χ0) is 19.1. The van der Waals surface area contributed by atoms with Gasteiger partial charge < -0.3 is 4.74 Å². The molecule has 0 aliphatic heterocycles. The van der Waals surface area contributed by atoms with Gasteiger partial charge in [-0.2, -0.15) is 0 Å². The van der Waals surface area contributed by atoms with Crippen molar-refractivity contribution in [3.8, 4) is 5.75 Å². The van der Waals surface area contributed by atoms with Gasteiger partial charge in [0.2, 0.25) is 5.91 Å². The van der Waals surface area contributed by atoms with E-state index in [0.29, 0.717) is 22.2 Å². The van der Waals surface area contributed by atoms with Gasteiger partial charge in [-0.05, 0) is 30.7 Å². The molecule has 0 spiro atoms. The SMILES string of the molecule is O=C(CCCOc1ccc(Cl)cc1Cl)NNC(=O)c1ccc([N+](=O)[O-])s1. The van der Waals surface area contributed by atoms with Crippen LogP contribution in [0.15, 0.2) is 30.3 Å². The number of amides is 2. The Balaban J connectivity index is 1.68. The van der Waals surface area contributed by atoms with Crippen LogP contribution in [0.5, 0.6) is 5.75 Å². The van der Waals surface area contributed by atoms with Gasteiger partial charge in [-0.3, -0.25) is 30.6 Å². The maximum absolute atomic E-state index is 11.8. The number of nitrogens with one attached hydrogen (secondary N) is 2. The molecule has 2 amide bonds. The van der Waals surface area contributed by atoms with E-state index in [0.717, 1.165) is 11.3 Å². The van der Waals surface area contributed by atoms with Crippen LogP contribution >= 0.6 is 34.5 Å². The first-order valence-electron chi connectivity index (χ1n) is 7.28. The van der Waals surface area contributed by atoms with Crippen LogP contribution in [0.25, 0.3) is 0 Å². The molecular formula is C15H13Cl2N3O5S. The molecule has 0 saturated carbocycles. The van der Waals surface area contributed by atoms with Crippen LogP contribution in [-0.2, 0) is 4.79 Å². The average Bonchev–Trinajstić information content (AvgIpc) is 3.08. The average molecular weight is 418 g/mol. The first-order chi connectivity index (χ1) is 12.4. The van der Waals surface area contributed by atoms with Gasteiger partial charge >= 0.3 is 5.00 Å². The molecule has 2 N–H and O–H groups in total. The zero-order valence-electron chi connectivity index (χ0n) is 13.2. The van der Waals surface area contributed by atoms with Crippen LogP contribution in [0.4, 0.5) is 5.00 Å². The van der Waals surface area contributed by atoms with Crippen molar-refractivity contribution in [1.82, 2.24) is 10.9 Å². The van der Waals surface area contributed by atoms with Gasteiger partial charge in [0.15, 0.2) is 0 Å². The molecule has 138 valence electrons. The number of thiophene rings is 1. The van der Waals surface area contributed by atoms with Crippen LogP contribution in [0.2, 0.25) is 10.0 Å². The number of halogens is 2. The molecule has 26 heavy (non-hydrogen) atoms. The minimum atomic E-state index is -0.624. The molecule has 0 unspecified atom stereocenters. The highest BCUT2D eigenvalue weighted by atomic mass is 35.5. The molecule has 0 aliphatic carbocycles. The monoisotopic (exact) mass is 417 g/mol. The van der Waals surface area contributed by atoms with Crippen LogP contribution in [0.1, 0.15) is 22.5 Å². The molecule has 11 heteroatoms. The summed E-state index contributed by atoms with van der Waals surface area (Å²) in [4.78, 5) is 33.6. The third-order valence-electron chi connectivity index (χ3n) is 3.01. The van der Waals surface area contributed by atoms with Crippen molar-refractivity contribution in [3.63, 3.8) is 0 Å². The van der Waals surface area contributed by atoms with Gasteiger partial charge in [0.05, 0.1) is 16.6 Å². The summed E-state index contributed by atoms with van der Waals surface area (Å²) in [5.41, 5.74) is 4.43. The van der Waals surface area contributed by atoms with Crippen molar-refractivity contribution in [3.05, 3.63) is 55.4 Å². The lowest BCUT2D eigenvalue weighted by Gasteiger charge is -2.09. The Labute approximate surface area is 162 Å². The third kappa shape index (κ3) is 5.87. The van der Waals surface area contributed by atoms with Crippen LogP contribution in [0.3, 0.4) is 0 Å². The van der Waals surface area contributed by atoms with E-state index in [-0.39, 0.29) is 22.9 Å². The first-order valence-corrected chi connectivity index (χ1v) is 8.85. The fraction of sp³-hybridized carbons (Fsp3) is 0.200. The second kappa shape index (κ2) is 9.37.